The number of phenols is 1. The number of hydrogen-bond acceptors (Lipinski definition) is 6. The van der Waals surface area contributed by atoms with Gasteiger partial charge in [0.15, 0.2) is 0 Å². The van der Waals surface area contributed by atoms with Crippen LogP contribution in [0.3, 0.4) is 0 Å². The van der Waals surface area contributed by atoms with Gasteiger partial charge in [0.2, 0.25) is 0 Å². The van der Waals surface area contributed by atoms with Crippen LogP contribution in [0.2, 0.25) is 0 Å². The maximum absolute atomic E-state index is 13.2. The first-order chi connectivity index (χ1) is 17.1. The van der Waals surface area contributed by atoms with Crippen molar-refractivity contribution in [1.82, 2.24) is 4.98 Å². The van der Waals surface area contributed by atoms with E-state index in [9.17, 15) is 9.90 Å². The van der Waals surface area contributed by atoms with Gasteiger partial charge in [-0.2, -0.15) is 0 Å². The largest absolute Gasteiger partial charge is 0.508 e. The number of ether oxygens (including phenoxy) is 3. The molecule has 1 N–H and O–H groups in total. The lowest BCUT2D eigenvalue weighted by Gasteiger charge is -2.13. The first kappa shape index (κ1) is 22.5. The van der Waals surface area contributed by atoms with E-state index in [0.717, 1.165) is 45.5 Å². The van der Waals surface area contributed by atoms with Crippen LogP contribution in [0, 0.1) is 0 Å². The van der Waals surface area contributed by atoms with E-state index < -0.39 is 0 Å². The monoisotopic (exact) mass is 467 g/mol. The zero-order valence-electron chi connectivity index (χ0n) is 19.4. The van der Waals surface area contributed by atoms with E-state index in [2.05, 4.69) is 6.08 Å². The molecule has 176 valence electrons. The molecule has 0 saturated carbocycles. The van der Waals surface area contributed by atoms with Crippen molar-refractivity contribution in [2.45, 2.75) is 12.8 Å². The van der Waals surface area contributed by atoms with Crippen LogP contribution in [0.5, 0.6) is 17.2 Å². The van der Waals surface area contributed by atoms with Gasteiger partial charge in [-0.1, -0.05) is 30.3 Å². The molecule has 0 atom stereocenters. The Balaban J connectivity index is 1.37. The van der Waals surface area contributed by atoms with Gasteiger partial charge < -0.3 is 19.3 Å². The number of hydrogen-bond donors (Lipinski definition) is 1. The Hall–Kier alpha value is -4.32. The molecular formula is C29H25NO5. The molecular weight excluding hydrogens is 442 g/mol. The van der Waals surface area contributed by atoms with Crippen LogP contribution >= 0.6 is 0 Å². The summed E-state index contributed by atoms with van der Waals surface area (Å²) in [6.45, 7) is 0.377. The zero-order chi connectivity index (χ0) is 24.2. The number of carbonyl (C=O) groups is 1. The Bertz CT molecular complexity index is 1390. The van der Waals surface area contributed by atoms with Gasteiger partial charge in [-0.05, 0) is 78.1 Å². The summed E-state index contributed by atoms with van der Waals surface area (Å²) in [7, 11) is 1.61. The van der Waals surface area contributed by atoms with E-state index >= 15 is 0 Å². The second-order valence-corrected chi connectivity index (χ2v) is 8.25. The molecule has 0 spiro atoms. The molecule has 0 saturated heterocycles. The molecule has 6 heteroatoms. The van der Waals surface area contributed by atoms with E-state index in [-0.39, 0.29) is 24.9 Å². The SMILES string of the molecule is COc1ccc(OCCOC(=O)c2c3c(nc4ccccc24)/C(=C/c2ccc(O)cc2)CC3)cc1. The molecule has 1 aliphatic carbocycles. The third-order valence-electron chi connectivity index (χ3n) is 6.02. The fourth-order valence-electron chi connectivity index (χ4n) is 4.32. The lowest BCUT2D eigenvalue weighted by atomic mass is 10.0. The third-order valence-corrected chi connectivity index (χ3v) is 6.02. The van der Waals surface area contributed by atoms with E-state index in [1.165, 1.54) is 0 Å². The van der Waals surface area contributed by atoms with Crippen LogP contribution in [0.15, 0.2) is 72.8 Å². The van der Waals surface area contributed by atoms with Gasteiger partial charge in [0.25, 0.3) is 0 Å². The predicted molar refractivity (Wildman–Crippen MR) is 135 cm³/mol. The second kappa shape index (κ2) is 9.89. The van der Waals surface area contributed by atoms with Crippen molar-refractivity contribution in [3.8, 4) is 17.2 Å². The summed E-state index contributed by atoms with van der Waals surface area (Å²) in [5, 5.41) is 10.4. The minimum Gasteiger partial charge on any atom is -0.508 e. The van der Waals surface area contributed by atoms with Crippen LogP contribution in [-0.2, 0) is 11.2 Å². The minimum atomic E-state index is -0.371. The number of phenolic OH excluding ortho intramolecular Hbond substituents is 1. The van der Waals surface area contributed by atoms with Crippen molar-refractivity contribution >= 4 is 28.5 Å². The maximum atomic E-state index is 13.2. The van der Waals surface area contributed by atoms with Crippen molar-refractivity contribution in [2.24, 2.45) is 0 Å². The van der Waals surface area contributed by atoms with Crippen molar-refractivity contribution in [3.63, 3.8) is 0 Å². The summed E-state index contributed by atoms with van der Waals surface area (Å²) in [4.78, 5) is 18.1. The van der Waals surface area contributed by atoms with Gasteiger partial charge in [-0.25, -0.2) is 9.78 Å². The number of carbonyl (C=O) groups excluding carboxylic acids is 1. The highest BCUT2D eigenvalue weighted by molar-refractivity contribution is 6.07. The summed E-state index contributed by atoms with van der Waals surface area (Å²) in [5.41, 5.74) is 5.11. The van der Waals surface area contributed by atoms with E-state index in [0.29, 0.717) is 17.7 Å². The average Bonchev–Trinajstić information content (AvgIpc) is 3.28. The number of aromatic hydroxyl groups is 1. The topological polar surface area (TPSA) is 77.9 Å². The maximum Gasteiger partial charge on any atom is 0.339 e. The Morgan fingerprint density at radius 2 is 1.69 bits per heavy atom. The second-order valence-electron chi connectivity index (χ2n) is 8.25. The predicted octanol–water partition coefficient (Wildman–Crippen LogP) is 5.67. The molecule has 6 nitrogen and oxygen atoms in total. The first-order valence-electron chi connectivity index (χ1n) is 11.5. The summed E-state index contributed by atoms with van der Waals surface area (Å²) >= 11 is 0. The Morgan fingerprint density at radius 3 is 2.46 bits per heavy atom. The number of esters is 1. The van der Waals surface area contributed by atoms with Crippen molar-refractivity contribution in [2.75, 3.05) is 20.3 Å². The molecule has 35 heavy (non-hydrogen) atoms. The number of aromatic nitrogens is 1. The van der Waals surface area contributed by atoms with Gasteiger partial charge in [-0.3, -0.25) is 0 Å². The lowest BCUT2D eigenvalue weighted by molar-refractivity contribution is 0.0451. The van der Waals surface area contributed by atoms with Gasteiger partial charge in [0.05, 0.1) is 23.9 Å². The van der Waals surface area contributed by atoms with Gasteiger partial charge in [0, 0.05) is 5.39 Å². The molecule has 4 aromatic rings. The number of nitrogens with zero attached hydrogens (tertiary/aromatic N) is 1. The third kappa shape index (κ3) is 4.82. The molecule has 1 aromatic heterocycles. The van der Waals surface area contributed by atoms with Gasteiger partial charge in [-0.15, -0.1) is 0 Å². The number of allylic oxidation sites excluding steroid dienone is 1. The molecule has 3 aromatic carbocycles. The highest BCUT2D eigenvalue weighted by Gasteiger charge is 2.27. The number of methoxy groups -OCH3 is 1. The Morgan fingerprint density at radius 1 is 0.943 bits per heavy atom. The standard InChI is InChI=1S/C29H25NO5/c1-33-22-11-13-23(14-12-22)34-16-17-35-29(32)27-24-4-2-3-5-26(24)30-28-20(8-15-25(27)28)18-19-6-9-21(31)10-7-19/h2-7,9-14,18,31H,8,15-17H2,1H3/b20-18+. The number of para-hydroxylation sites is 1. The fraction of sp³-hybridized carbons (Fsp3) is 0.172. The molecule has 0 aliphatic heterocycles. The normalized spacial score (nSPS) is 13.6. The summed E-state index contributed by atoms with van der Waals surface area (Å²) in [6.07, 6.45) is 3.55. The number of rotatable bonds is 7. The number of benzene rings is 3. The van der Waals surface area contributed by atoms with Gasteiger partial charge >= 0.3 is 5.97 Å². The molecule has 0 bridgehead atoms. The average molecular weight is 468 g/mol. The molecule has 5 rings (SSSR count). The van der Waals surface area contributed by atoms with E-state index in [1.54, 1.807) is 19.2 Å². The summed E-state index contributed by atoms with van der Waals surface area (Å²) in [6, 6.07) is 21.9. The van der Waals surface area contributed by atoms with Crippen LogP contribution in [0.1, 0.15) is 33.6 Å². The quantitative estimate of drug-likeness (QED) is 0.279. The summed E-state index contributed by atoms with van der Waals surface area (Å²) in [5.74, 6) is 1.29. The smallest absolute Gasteiger partial charge is 0.339 e. The highest BCUT2D eigenvalue weighted by atomic mass is 16.6. The van der Waals surface area contributed by atoms with E-state index in [4.69, 9.17) is 19.2 Å². The summed E-state index contributed by atoms with van der Waals surface area (Å²) < 4.78 is 16.5. The van der Waals surface area contributed by atoms with Crippen LogP contribution in [-0.4, -0.2) is 36.4 Å². The fourth-order valence-corrected chi connectivity index (χ4v) is 4.32. The number of pyridine rings is 1. The lowest BCUT2D eigenvalue weighted by Crippen LogP contribution is -2.15. The van der Waals surface area contributed by atoms with E-state index in [1.807, 2.05) is 60.7 Å². The molecule has 0 unspecified atom stereocenters. The molecule has 0 amide bonds. The minimum absolute atomic E-state index is 0.131. The first-order valence-corrected chi connectivity index (χ1v) is 11.5. The van der Waals surface area contributed by atoms with Crippen LogP contribution in [0.4, 0.5) is 0 Å². The molecule has 0 radical (unpaired) electrons. The Kier molecular flexibility index (Phi) is 6.35. The van der Waals surface area contributed by atoms with Crippen LogP contribution < -0.4 is 9.47 Å². The number of fused-ring (bicyclic) bond motifs is 2. The highest BCUT2D eigenvalue weighted by Crippen LogP contribution is 2.38. The zero-order valence-corrected chi connectivity index (χ0v) is 19.4. The van der Waals surface area contributed by atoms with Crippen molar-refractivity contribution in [1.29, 1.82) is 0 Å². The van der Waals surface area contributed by atoms with Gasteiger partial charge in [0.1, 0.15) is 30.5 Å². The van der Waals surface area contributed by atoms with Crippen LogP contribution in [0.25, 0.3) is 22.6 Å². The molecule has 1 heterocycles. The van der Waals surface area contributed by atoms with Crippen molar-refractivity contribution < 1.29 is 24.1 Å². The molecule has 1 aliphatic rings. The Labute approximate surface area is 203 Å². The van der Waals surface area contributed by atoms with Crippen molar-refractivity contribution in [3.05, 3.63) is 95.2 Å². The molecule has 0 fully saturated rings.